The predicted octanol–water partition coefficient (Wildman–Crippen LogP) is 5.71. The number of amides is 1. The highest BCUT2D eigenvalue weighted by Crippen LogP contribution is 2.33. The number of carbonyl (C=O) groups is 1. The van der Waals surface area contributed by atoms with Crippen LogP contribution < -0.4 is 4.90 Å². The quantitative estimate of drug-likeness (QED) is 0.293. The fourth-order valence-corrected chi connectivity index (χ4v) is 5.72. The standard InChI is InChI=1S/C29H30FN3O2S/c30-24-12-13-26-27(20-24)36-29(31-26)33(15-7-14-32-16-18-35-19-17-32)28(34)21-25(22-8-3-1-4-9-22)23-10-5-2-6-11-23/h1-6,8-13,20,25H,7,14-19,21H2. The normalized spacial score (nSPS) is 14.4. The number of aromatic nitrogens is 1. The number of halogens is 1. The van der Waals surface area contributed by atoms with E-state index in [-0.39, 0.29) is 17.6 Å². The lowest BCUT2D eigenvalue weighted by molar-refractivity contribution is -0.118. The Balaban J connectivity index is 1.40. The molecule has 0 bridgehead atoms. The Morgan fingerprint density at radius 1 is 1.00 bits per heavy atom. The van der Waals surface area contributed by atoms with Crippen LogP contribution in [0.1, 0.15) is 29.9 Å². The fourth-order valence-electron chi connectivity index (χ4n) is 4.69. The summed E-state index contributed by atoms with van der Waals surface area (Å²) in [5, 5.41) is 0.627. The molecule has 1 aromatic heterocycles. The molecule has 36 heavy (non-hydrogen) atoms. The van der Waals surface area contributed by atoms with E-state index in [2.05, 4.69) is 29.2 Å². The van der Waals surface area contributed by atoms with Gasteiger partial charge in [0.1, 0.15) is 5.82 Å². The molecule has 5 nitrogen and oxygen atoms in total. The fraction of sp³-hybridized carbons (Fsp3) is 0.310. The summed E-state index contributed by atoms with van der Waals surface area (Å²) in [6, 6.07) is 24.9. The maximum Gasteiger partial charge on any atom is 0.229 e. The maximum atomic E-state index is 13.9. The summed E-state index contributed by atoms with van der Waals surface area (Å²) in [5.41, 5.74) is 2.93. The molecule has 4 aromatic rings. The first-order valence-electron chi connectivity index (χ1n) is 12.4. The van der Waals surface area contributed by atoms with Crippen molar-refractivity contribution in [3.63, 3.8) is 0 Å². The van der Waals surface area contributed by atoms with Crippen molar-refractivity contribution in [1.29, 1.82) is 0 Å². The first kappa shape index (κ1) is 24.6. The van der Waals surface area contributed by atoms with Crippen LogP contribution in [0.15, 0.2) is 78.9 Å². The molecular weight excluding hydrogens is 473 g/mol. The monoisotopic (exact) mass is 503 g/mol. The molecule has 0 atom stereocenters. The highest BCUT2D eigenvalue weighted by atomic mass is 32.1. The predicted molar refractivity (Wildman–Crippen MR) is 143 cm³/mol. The van der Waals surface area contributed by atoms with Crippen LogP contribution in [0.2, 0.25) is 0 Å². The summed E-state index contributed by atoms with van der Waals surface area (Å²) in [7, 11) is 0. The minimum atomic E-state index is -0.295. The Bertz CT molecular complexity index is 1240. The average molecular weight is 504 g/mol. The van der Waals surface area contributed by atoms with Crippen molar-refractivity contribution in [3.8, 4) is 0 Å². The number of hydrogen-bond acceptors (Lipinski definition) is 5. The van der Waals surface area contributed by atoms with E-state index in [1.807, 2.05) is 41.3 Å². The number of fused-ring (bicyclic) bond motifs is 1. The van der Waals surface area contributed by atoms with Gasteiger partial charge in [-0.15, -0.1) is 0 Å². The molecule has 186 valence electrons. The molecule has 7 heteroatoms. The molecule has 2 heterocycles. The summed E-state index contributed by atoms with van der Waals surface area (Å²) < 4.78 is 20.1. The second-order valence-corrected chi connectivity index (χ2v) is 10.0. The van der Waals surface area contributed by atoms with Crippen LogP contribution in [0, 0.1) is 5.82 Å². The summed E-state index contributed by atoms with van der Waals surface area (Å²) >= 11 is 1.37. The highest BCUT2D eigenvalue weighted by Gasteiger charge is 2.25. The lowest BCUT2D eigenvalue weighted by Gasteiger charge is -2.28. The second kappa shape index (κ2) is 11.7. The third-order valence-corrected chi connectivity index (χ3v) is 7.65. The zero-order chi connectivity index (χ0) is 24.7. The van der Waals surface area contributed by atoms with E-state index in [0.717, 1.165) is 55.1 Å². The number of nitrogens with zero attached hydrogens (tertiary/aromatic N) is 3. The number of rotatable bonds is 9. The lowest BCUT2D eigenvalue weighted by atomic mass is 9.88. The lowest BCUT2D eigenvalue weighted by Crippen LogP contribution is -2.39. The maximum absolute atomic E-state index is 13.9. The van der Waals surface area contributed by atoms with Crippen LogP contribution in [0.3, 0.4) is 0 Å². The van der Waals surface area contributed by atoms with Crippen LogP contribution in [-0.4, -0.2) is 55.2 Å². The molecule has 1 saturated heterocycles. The topological polar surface area (TPSA) is 45.7 Å². The highest BCUT2D eigenvalue weighted by molar-refractivity contribution is 7.22. The van der Waals surface area contributed by atoms with Gasteiger partial charge < -0.3 is 4.74 Å². The van der Waals surface area contributed by atoms with Crippen LogP contribution in [-0.2, 0) is 9.53 Å². The Labute approximate surface area is 215 Å². The number of thiazole rings is 1. The molecule has 1 aliphatic heterocycles. The van der Waals surface area contributed by atoms with Gasteiger partial charge in [-0.1, -0.05) is 72.0 Å². The van der Waals surface area contributed by atoms with Crippen LogP contribution in [0.4, 0.5) is 9.52 Å². The number of anilines is 1. The molecule has 0 N–H and O–H groups in total. The van der Waals surface area contributed by atoms with E-state index in [1.165, 1.54) is 23.5 Å². The van der Waals surface area contributed by atoms with Gasteiger partial charge in [-0.2, -0.15) is 0 Å². The molecule has 0 radical (unpaired) electrons. The minimum absolute atomic E-state index is 0.0224. The van der Waals surface area contributed by atoms with Gasteiger partial charge in [0.15, 0.2) is 5.13 Å². The van der Waals surface area contributed by atoms with Crippen molar-refractivity contribution < 1.29 is 13.9 Å². The Kier molecular flexibility index (Phi) is 8.01. The van der Waals surface area contributed by atoms with E-state index in [1.54, 1.807) is 6.07 Å². The average Bonchev–Trinajstić information content (AvgIpc) is 3.34. The Morgan fingerprint density at radius 3 is 2.33 bits per heavy atom. The van der Waals surface area contributed by atoms with Gasteiger partial charge in [0.2, 0.25) is 5.91 Å². The van der Waals surface area contributed by atoms with Gasteiger partial charge in [0, 0.05) is 38.5 Å². The number of benzene rings is 3. The minimum Gasteiger partial charge on any atom is -0.379 e. The van der Waals surface area contributed by atoms with E-state index < -0.39 is 0 Å². The summed E-state index contributed by atoms with van der Waals surface area (Å²) in [4.78, 5) is 22.8. The first-order chi connectivity index (χ1) is 17.7. The van der Waals surface area contributed by atoms with E-state index in [9.17, 15) is 9.18 Å². The van der Waals surface area contributed by atoms with Gasteiger partial charge in [-0.3, -0.25) is 14.6 Å². The zero-order valence-electron chi connectivity index (χ0n) is 20.2. The van der Waals surface area contributed by atoms with Gasteiger partial charge in [-0.05, 0) is 35.7 Å². The Hall–Kier alpha value is -3.13. The van der Waals surface area contributed by atoms with E-state index in [0.29, 0.717) is 23.6 Å². The van der Waals surface area contributed by atoms with Crippen LogP contribution in [0.25, 0.3) is 10.2 Å². The number of morpholine rings is 1. The van der Waals surface area contributed by atoms with E-state index in [4.69, 9.17) is 9.72 Å². The second-order valence-electron chi connectivity index (χ2n) is 9.04. The van der Waals surface area contributed by atoms with E-state index >= 15 is 0 Å². The van der Waals surface area contributed by atoms with Crippen molar-refractivity contribution in [2.45, 2.75) is 18.8 Å². The van der Waals surface area contributed by atoms with Gasteiger partial charge >= 0.3 is 0 Å². The third kappa shape index (κ3) is 5.98. The van der Waals surface area contributed by atoms with Gasteiger partial charge in [-0.25, -0.2) is 9.37 Å². The number of ether oxygens (including phenoxy) is 1. The molecular formula is C29H30FN3O2S. The molecule has 0 aliphatic carbocycles. The summed E-state index contributed by atoms with van der Waals surface area (Å²) in [5.74, 6) is -0.334. The van der Waals surface area contributed by atoms with Crippen LogP contribution in [0.5, 0.6) is 0 Å². The molecule has 5 rings (SSSR count). The summed E-state index contributed by atoms with van der Waals surface area (Å²) in [6.45, 7) is 4.79. The first-order valence-corrected chi connectivity index (χ1v) is 13.3. The molecule has 1 fully saturated rings. The van der Waals surface area contributed by atoms with Crippen molar-refractivity contribution in [2.24, 2.45) is 0 Å². The zero-order valence-corrected chi connectivity index (χ0v) is 21.0. The smallest absolute Gasteiger partial charge is 0.229 e. The molecule has 1 amide bonds. The third-order valence-electron chi connectivity index (χ3n) is 6.61. The van der Waals surface area contributed by atoms with Crippen molar-refractivity contribution in [1.82, 2.24) is 9.88 Å². The molecule has 0 spiro atoms. The van der Waals surface area contributed by atoms with Gasteiger partial charge in [0.05, 0.1) is 23.4 Å². The molecule has 1 aliphatic rings. The number of hydrogen-bond donors (Lipinski definition) is 0. The van der Waals surface area contributed by atoms with Crippen molar-refractivity contribution >= 4 is 32.6 Å². The summed E-state index contributed by atoms with van der Waals surface area (Å²) in [6.07, 6.45) is 1.16. The number of carbonyl (C=O) groups excluding carboxylic acids is 1. The largest absolute Gasteiger partial charge is 0.379 e. The van der Waals surface area contributed by atoms with Gasteiger partial charge in [0.25, 0.3) is 0 Å². The molecule has 0 saturated carbocycles. The van der Waals surface area contributed by atoms with Crippen molar-refractivity contribution in [3.05, 3.63) is 95.8 Å². The molecule has 0 unspecified atom stereocenters. The molecule has 3 aromatic carbocycles. The Morgan fingerprint density at radius 2 is 1.67 bits per heavy atom. The SMILES string of the molecule is O=C(CC(c1ccccc1)c1ccccc1)N(CCCN1CCOCC1)c1nc2ccc(F)cc2s1. The van der Waals surface area contributed by atoms with Crippen molar-refractivity contribution in [2.75, 3.05) is 44.3 Å². The van der Waals surface area contributed by atoms with Crippen LogP contribution >= 0.6 is 11.3 Å².